The number of aryl methyl sites for hydroxylation is 1. The normalized spacial score (nSPS) is 10.3. The number of nitrogens with zero attached hydrogens (tertiary/aromatic N) is 3. The Balaban J connectivity index is 0.00000289. The molecule has 1 heterocycles. The molecule has 0 aliphatic heterocycles. The van der Waals surface area contributed by atoms with E-state index in [0.717, 1.165) is 12.2 Å². The number of nitrogens with one attached hydrogen (secondary N) is 1. The van der Waals surface area contributed by atoms with Gasteiger partial charge in [-0.2, -0.15) is 5.21 Å². The van der Waals surface area contributed by atoms with Crippen LogP contribution in [0.1, 0.15) is 77.0 Å². The molecule has 1 aromatic heterocycles. The average Bonchev–Trinajstić information content (AvgIpc) is 2.85. The van der Waals surface area contributed by atoms with Crippen molar-refractivity contribution < 1.29 is 22.4 Å². The van der Waals surface area contributed by atoms with Crippen molar-refractivity contribution in [2.75, 3.05) is 0 Å². The zero-order valence-electron chi connectivity index (χ0n) is 11.4. The minimum Gasteiger partial charge on any atom is -0.177 e. The molecule has 1 N–H and O–H groups in total. The molecule has 109 valence electrons. The second kappa shape index (κ2) is 13.2. The molecule has 5 heteroatoms. The van der Waals surface area contributed by atoms with Crippen molar-refractivity contribution in [2.24, 2.45) is 0 Å². The summed E-state index contributed by atoms with van der Waals surface area (Å²) in [6.07, 6.45) is 14.6. The Morgan fingerprint density at radius 2 is 1.39 bits per heavy atom. The van der Waals surface area contributed by atoms with Crippen molar-refractivity contribution in [3.05, 3.63) is 5.82 Å². The van der Waals surface area contributed by atoms with Gasteiger partial charge in [0.15, 0.2) is 5.82 Å². The first-order valence-electron chi connectivity index (χ1n) is 7.16. The van der Waals surface area contributed by atoms with Crippen molar-refractivity contribution in [3.63, 3.8) is 0 Å². The van der Waals surface area contributed by atoms with Crippen LogP contribution >= 0.6 is 0 Å². The molecule has 0 fully saturated rings. The van der Waals surface area contributed by atoms with Gasteiger partial charge in [-0.15, -0.1) is 10.2 Å². The van der Waals surface area contributed by atoms with E-state index in [2.05, 4.69) is 27.5 Å². The third-order valence-corrected chi connectivity index (χ3v) is 3.14. The molecule has 0 saturated heterocycles. The first kappa shape index (κ1) is 17.8. The molecule has 0 atom stereocenters. The van der Waals surface area contributed by atoms with Gasteiger partial charge in [0.2, 0.25) is 0 Å². The predicted molar refractivity (Wildman–Crippen MR) is 69.7 cm³/mol. The average molecular weight is 346 g/mol. The van der Waals surface area contributed by atoms with E-state index in [1.807, 2.05) is 0 Å². The SMILES string of the molecule is CCCCCCCCCCCCc1nn[nH]n1.[Ag]. The molecule has 0 spiro atoms. The molecule has 1 rings (SSSR count). The Hall–Kier alpha value is -0.190. The molecule has 0 aromatic carbocycles. The number of aromatic amines is 1. The van der Waals surface area contributed by atoms with Gasteiger partial charge < -0.3 is 0 Å². The zero-order valence-corrected chi connectivity index (χ0v) is 12.9. The Labute approximate surface area is 126 Å². The molecule has 0 unspecified atom stereocenters. The van der Waals surface area contributed by atoms with Crippen molar-refractivity contribution in [1.29, 1.82) is 0 Å². The molecule has 1 aromatic rings. The van der Waals surface area contributed by atoms with Crippen LogP contribution in [0.25, 0.3) is 0 Å². The summed E-state index contributed by atoms with van der Waals surface area (Å²) < 4.78 is 0. The maximum absolute atomic E-state index is 3.94. The first-order valence-corrected chi connectivity index (χ1v) is 7.16. The largest absolute Gasteiger partial charge is 0.177 e. The van der Waals surface area contributed by atoms with Crippen molar-refractivity contribution in [1.82, 2.24) is 20.6 Å². The standard InChI is InChI=1S/C13H26N4.Ag/c1-2-3-4-5-6-7-8-9-10-11-12-13-14-16-17-15-13;/h2-12H2,1H3,(H,14,15,16,17);. The maximum atomic E-state index is 3.94. The van der Waals surface area contributed by atoms with Gasteiger partial charge in [-0.3, -0.25) is 0 Å². The monoisotopic (exact) mass is 345 g/mol. The molecule has 4 nitrogen and oxygen atoms in total. The number of unbranched alkanes of at least 4 members (excludes halogenated alkanes) is 9. The summed E-state index contributed by atoms with van der Waals surface area (Å²) in [5, 5.41) is 13.9. The van der Waals surface area contributed by atoms with E-state index < -0.39 is 0 Å². The Morgan fingerprint density at radius 3 is 1.89 bits per heavy atom. The van der Waals surface area contributed by atoms with Crippen LogP contribution in [-0.2, 0) is 28.8 Å². The van der Waals surface area contributed by atoms with E-state index in [0.29, 0.717) is 0 Å². The number of H-pyrrole nitrogens is 1. The third kappa shape index (κ3) is 9.80. The summed E-state index contributed by atoms with van der Waals surface area (Å²) in [5.74, 6) is 0.851. The maximum Gasteiger partial charge on any atom is 0.174 e. The summed E-state index contributed by atoms with van der Waals surface area (Å²) in [7, 11) is 0. The fourth-order valence-electron chi connectivity index (χ4n) is 2.06. The molecular weight excluding hydrogens is 320 g/mol. The Bertz CT molecular complexity index is 252. The first-order chi connectivity index (χ1) is 8.43. The summed E-state index contributed by atoms with van der Waals surface area (Å²) in [6, 6.07) is 0. The fraction of sp³-hybridized carbons (Fsp3) is 0.923. The number of aromatic nitrogens is 4. The quantitative estimate of drug-likeness (QED) is 0.491. The van der Waals surface area contributed by atoms with Crippen molar-refractivity contribution >= 4 is 0 Å². The van der Waals surface area contributed by atoms with E-state index in [4.69, 9.17) is 0 Å². The number of hydrogen-bond donors (Lipinski definition) is 1. The minimum atomic E-state index is 0. The van der Waals surface area contributed by atoms with Crippen LogP contribution in [0, 0.1) is 0 Å². The van der Waals surface area contributed by atoms with Gasteiger partial charge in [0.25, 0.3) is 0 Å². The predicted octanol–water partition coefficient (Wildman–Crippen LogP) is 3.66. The van der Waals surface area contributed by atoms with Crippen LogP contribution in [0.2, 0.25) is 0 Å². The van der Waals surface area contributed by atoms with E-state index in [-0.39, 0.29) is 22.4 Å². The van der Waals surface area contributed by atoms with Gasteiger partial charge in [0, 0.05) is 28.8 Å². The van der Waals surface area contributed by atoms with E-state index >= 15 is 0 Å². The molecule has 0 saturated carbocycles. The third-order valence-electron chi connectivity index (χ3n) is 3.14. The van der Waals surface area contributed by atoms with Crippen LogP contribution in [0.3, 0.4) is 0 Å². The van der Waals surface area contributed by atoms with Crippen LogP contribution in [-0.4, -0.2) is 20.6 Å². The van der Waals surface area contributed by atoms with Crippen molar-refractivity contribution in [3.8, 4) is 0 Å². The van der Waals surface area contributed by atoms with Gasteiger partial charge in [0.05, 0.1) is 0 Å². The van der Waals surface area contributed by atoms with E-state index in [9.17, 15) is 0 Å². The summed E-state index contributed by atoms with van der Waals surface area (Å²) in [5.41, 5.74) is 0. The summed E-state index contributed by atoms with van der Waals surface area (Å²) in [4.78, 5) is 0. The van der Waals surface area contributed by atoms with Gasteiger partial charge >= 0.3 is 0 Å². The Kier molecular flexibility index (Phi) is 13.1. The second-order valence-electron chi connectivity index (χ2n) is 4.76. The Morgan fingerprint density at radius 1 is 0.833 bits per heavy atom. The molecule has 0 bridgehead atoms. The molecule has 0 amide bonds. The van der Waals surface area contributed by atoms with Crippen molar-refractivity contribution in [2.45, 2.75) is 77.6 Å². The van der Waals surface area contributed by atoms with E-state index in [1.54, 1.807) is 0 Å². The molecule has 18 heavy (non-hydrogen) atoms. The van der Waals surface area contributed by atoms with Gasteiger partial charge in [-0.25, -0.2) is 0 Å². The van der Waals surface area contributed by atoms with Gasteiger partial charge in [-0.05, 0) is 6.42 Å². The second-order valence-corrected chi connectivity index (χ2v) is 4.76. The molecule has 0 aliphatic rings. The van der Waals surface area contributed by atoms with Crippen LogP contribution < -0.4 is 0 Å². The molecule has 0 aliphatic carbocycles. The smallest absolute Gasteiger partial charge is 0.174 e. The van der Waals surface area contributed by atoms with Crippen LogP contribution in [0.15, 0.2) is 0 Å². The van der Waals surface area contributed by atoms with Gasteiger partial charge in [-0.1, -0.05) is 69.9 Å². The zero-order chi connectivity index (χ0) is 12.2. The van der Waals surface area contributed by atoms with E-state index in [1.165, 1.54) is 64.2 Å². The fourth-order valence-corrected chi connectivity index (χ4v) is 2.06. The van der Waals surface area contributed by atoms with Gasteiger partial charge in [0.1, 0.15) is 0 Å². The number of rotatable bonds is 11. The summed E-state index contributed by atoms with van der Waals surface area (Å²) in [6.45, 7) is 2.27. The topological polar surface area (TPSA) is 54.5 Å². The number of tetrazole rings is 1. The molecular formula is C13H26AgN4. The van der Waals surface area contributed by atoms with Crippen LogP contribution in [0.4, 0.5) is 0 Å². The molecule has 1 radical (unpaired) electrons. The minimum absolute atomic E-state index is 0. The number of hydrogen-bond acceptors (Lipinski definition) is 3. The summed E-state index contributed by atoms with van der Waals surface area (Å²) >= 11 is 0. The van der Waals surface area contributed by atoms with Crippen LogP contribution in [0.5, 0.6) is 0 Å².